The van der Waals surface area contributed by atoms with Crippen LogP contribution in [0.2, 0.25) is 0 Å². The van der Waals surface area contributed by atoms with Crippen LogP contribution in [0, 0.1) is 23.2 Å². The lowest BCUT2D eigenvalue weighted by molar-refractivity contribution is -0.125. The van der Waals surface area contributed by atoms with E-state index in [9.17, 15) is 4.79 Å². The van der Waals surface area contributed by atoms with Crippen LogP contribution < -0.4 is 0 Å². The van der Waals surface area contributed by atoms with Crippen molar-refractivity contribution in [1.82, 2.24) is 0 Å². The van der Waals surface area contributed by atoms with Crippen molar-refractivity contribution in [3.63, 3.8) is 0 Å². The SMILES string of the molecule is CC(C)C(=O)C(C#N)CO. The Bertz CT molecular complexity index is 157. The van der Waals surface area contributed by atoms with Gasteiger partial charge in [0.25, 0.3) is 0 Å². The molecule has 0 saturated carbocycles. The molecule has 0 aromatic heterocycles. The highest BCUT2D eigenvalue weighted by Crippen LogP contribution is 2.04. The van der Waals surface area contributed by atoms with E-state index in [2.05, 4.69) is 0 Å². The number of ketones is 1. The van der Waals surface area contributed by atoms with Crippen molar-refractivity contribution in [3.8, 4) is 6.07 Å². The zero-order valence-electron chi connectivity index (χ0n) is 6.16. The average molecular weight is 141 g/mol. The van der Waals surface area contributed by atoms with Crippen LogP contribution in [0.3, 0.4) is 0 Å². The van der Waals surface area contributed by atoms with Gasteiger partial charge in [0.15, 0.2) is 5.78 Å². The Morgan fingerprint density at radius 2 is 2.20 bits per heavy atom. The summed E-state index contributed by atoms with van der Waals surface area (Å²) in [4.78, 5) is 10.9. The monoisotopic (exact) mass is 141 g/mol. The highest BCUT2D eigenvalue weighted by atomic mass is 16.3. The number of aliphatic hydroxyl groups excluding tert-OH is 1. The van der Waals surface area contributed by atoms with Gasteiger partial charge in [0, 0.05) is 5.92 Å². The van der Waals surface area contributed by atoms with Crippen LogP contribution in [-0.4, -0.2) is 17.5 Å². The second kappa shape index (κ2) is 4.02. The fraction of sp³-hybridized carbons (Fsp3) is 0.714. The number of nitrogens with zero attached hydrogens (tertiary/aromatic N) is 1. The summed E-state index contributed by atoms with van der Waals surface area (Å²) >= 11 is 0. The van der Waals surface area contributed by atoms with E-state index in [-0.39, 0.29) is 18.3 Å². The molecule has 1 atom stereocenters. The molecule has 0 saturated heterocycles. The van der Waals surface area contributed by atoms with E-state index in [1.54, 1.807) is 19.9 Å². The number of nitriles is 1. The average Bonchev–Trinajstić information content (AvgIpc) is 1.90. The number of hydrogen-bond acceptors (Lipinski definition) is 3. The molecule has 56 valence electrons. The van der Waals surface area contributed by atoms with Crippen molar-refractivity contribution in [2.75, 3.05) is 6.61 Å². The van der Waals surface area contributed by atoms with Crippen LogP contribution >= 0.6 is 0 Å². The summed E-state index contributed by atoms with van der Waals surface area (Å²) < 4.78 is 0. The van der Waals surface area contributed by atoms with Gasteiger partial charge in [0.05, 0.1) is 12.7 Å². The quantitative estimate of drug-likeness (QED) is 0.616. The molecule has 0 heterocycles. The number of carbonyl (C=O) groups excluding carboxylic acids is 1. The van der Waals surface area contributed by atoms with E-state index in [1.807, 2.05) is 0 Å². The van der Waals surface area contributed by atoms with Crippen molar-refractivity contribution >= 4 is 5.78 Å². The molecule has 0 bridgehead atoms. The minimum atomic E-state index is -0.833. The van der Waals surface area contributed by atoms with Crippen molar-refractivity contribution < 1.29 is 9.90 Å². The molecule has 0 fully saturated rings. The second-order valence-corrected chi connectivity index (χ2v) is 2.42. The standard InChI is InChI=1S/C7H11NO2/c1-5(2)7(10)6(3-8)4-9/h5-6,9H,4H2,1-2H3. The molecule has 0 amide bonds. The topological polar surface area (TPSA) is 61.1 Å². The fourth-order valence-electron chi connectivity index (χ4n) is 0.597. The normalized spacial score (nSPS) is 12.7. The highest BCUT2D eigenvalue weighted by Gasteiger charge is 2.18. The molecule has 0 rings (SSSR count). The number of carbonyl (C=O) groups is 1. The zero-order valence-corrected chi connectivity index (χ0v) is 6.16. The van der Waals surface area contributed by atoms with Crippen LogP contribution in [-0.2, 0) is 4.79 Å². The van der Waals surface area contributed by atoms with Gasteiger partial charge in [-0.1, -0.05) is 13.8 Å². The van der Waals surface area contributed by atoms with Gasteiger partial charge in [-0.25, -0.2) is 0 Å². The zero-order chi connectivity index (χ0) is 8.15. The minimum Gasteiger partial charge on any atom is -0.395 e. The van der Waals surface area contributed by atoms with Gasteiger partial charge < -0.3 is 5.11 Å². The van der Waals surface area contributed by atoms with Gasteiger partial charge in [-0.05, 0) is 0 Å². The van der Waals surface area contributed by atoms with E-state index in [1.165, 1.54) is 0 Å². The van der Waals surface area contributed by atoms with Crippen molar-refractivity contribution in [2.45, 2.75) is 13.8 Å². The first kappa shape index (κ1) is 9.12. The second-order valence-electron chi connectivity index (χ2n) is 2.42. The van der Waals surface area contributed by atoms with Crippen molar-refractivity contribution in [3.05, 3.63) is 0 Å². The maximum absolute atomic E-state index is 10.9. The summed E-state index contributed by atoms with van der Waals surface area (Å²) in [6, 6.07) is 1.73. The first-order valence-corrected chi connectivity index (χ1v) is 3.17. The van der Waals surface area contributed by atoms with Gasteiger partial charge in [0.1, 0.15) is 5.92 Å². The summed E-state index contributed by atoms with van der Waals surface area (Å²) in [6.45, 7) is 3.05. The molecular formula is C7H11NO2. The third-order valence-corrected chi connectivity index (χ3v) is 1.25. The summed E-state index contributed by atoms with van der Waals surface area (Å²) in [5.41, 5.74) is 0. The van der Waals surface area contributed by atoms with E-state index in [0.717, 1.165) is 0 Å². The minimum absolute atomic E-state index is 0.170. The Hall–Kier alpha value is -0.880. The Labute approximate surface area is 60.3 Å². The summed E-state index contributed by atoms with van der Waals surface area (Å²) in [7, 11) is 0. The first-order chi connectivity index (χ1) is 4.63. The molecule has 1 N–H and O–H groups in total. The van der Waals surface area contributed by atoms with Gasteiger partial charge >= 0.3 is 0 Å². The molecule has 0 aliphatic heterocycles. The molecule has 0 aliphatic carbocycles. The summed E-state index contributed by atoms with van der Waals surface area (Å²) in [5, 5.41) is 16.8. The van der Waals surface area contributed by atoms with Gasteiger partial charge in [-0.3, -0.25) is 4.79 Å². The van der Waals surface area contributed by atoms with Crippen LogP contribution in [0.4, 0.5) is 0 Å². The van der Waals surface area contributed by atoms with E-state index >= 15 is 0 Å². The van der Waals surface area contributed by atoms with Crippen molar-refractivity contribution in [2.24, 2.45) is 11.8 Å². The molecule has 1 unspecified atom stereocenters. The molecule has 3 nitrogen and oxygen atoms in total. The van der Waals surface area contributed by atoms with Crippen LogP contribution in [0.15, 0.2) is 0 Å². The van der Waals surface area contributed by atoms with Crippen molar-refractivity contribution in [1.29, 1.82) is 5.26 Å². The lowest BCUT2D eigenvalue weighted by Gasteiger charge is -2.05. The molecule has 0 spiro atoms. The molecule has 0 aromatic rings. The lowest BCUT2D eigenvalue weighted by atomic mass is 9.97. The summed E-state index contributed by atoms with van der Waals surface area (Å²) in [5.74, 6) is -1.19. The maximum Gasteiger partial charge on any atom is 0.154 e. The molecule has 10 heavy (non-hydrogen) atoms. The highest BCUT2D eigenvalue weighted by molar-refractivity contribution is 5.85. The maximum atomic E-state index is 10.9. The third-order valence-electron chi connectivity index (χ3n) is 1.25. The van der Waals surface area contributed by atoms with Crippen LogP contribution in [0.1, 0.15) is 13.8 Å². The number of aliphatic hydroxyl groups is 1. The summed E-state index contributed by atoms with van der Waals surface area (Å²) in [6.07, 6.45) is 0. The molecule has 3 heteroatoms. The number of Topliss-reactive ketones (excluding diaryl/α,β-unsaturated/α-hetero) is 1. The number of hydrogen-bond donors (Lipinski definition) is 1. The predicted octanol–water partition coefficient (Wildman–Crippen LogP) is 0.344. The van der Waals surface area contributed by atoms with E-state index in [0.29, 0.717) is 0 Å². The van der Waals surface area contributed by atoms with Crippen LogP contribution in [0.5, 0.6) is 0 Å². The Kier molecular flexibility index (Phi) is 3.67. The lowest BCUT2D eigenvalue weighted by Crippen LogP contribution is -2.21. The largest absolute Gasteiger partial charge is 0.395 e. The van der Waals surface area contributed by atoms with Gasteiger partial charge in [-0.2, -0.15) is 5.26 Å². The van der Waals surface area contributed by atoms with Gasteiger partial charge in [0.2, 0.25) is 0 Å². The van der Waals surface area contributed by atoms with E-state index < -0.39 is 5.92 Å². The molecular weight excluding hydrogens is 130 g/mol. The molecule has 0 aromatic carbocycles. The Morgan fingerprint density at radius 1 is 1.70 bits per heavy atom. The van der Waals surface area contributed by atoms with Crippen LogP contribution in [0.25, 0.3) is 0 Å². The van der Waals surface area contributed by atoms with Gasteiger partial charge in [-0.15, -0.1) is 0 Å². The fourth-order valence-corrected chi connectivity index (χ4v) is 0.597. The molecule has 0 aliphatic rings. The number of rotatable bonds is 3. The first-order valence-electron chi connectivity index (χ1n) is 3.17. The van der Waals surface area contributed by atoms with E-state index in [4.69, 9.17) is 10.4 Å². The Morgan fingerprint density at radius 3 is 2.30 bits per heavy atom. The third kappa shape index (κ3) is 2.16. The Balaban J connectivity index is 4.06. The molecule has 0 radical (unpaired) electrons. The predicted molar refractivity (Wildman–Crippen MR) is 36.0 cm³/mol. The smallest absolute Gasteiger partial charge is 0.154 e.